The third-order valence-corrected chi connectivity index (χ3v) is 5.14. The number of methoxy groups -OCH3 is 1. The number of rotatable bonds is 6. The molecule has 0 N–H and O–H groups in total. The molecule has 2 aromatic rings. The Kier molecular flexibility index (Phi) is 6.42. The first-order valence-corrected chi connectivity index (χ1v) is 9.20. The quantitative estimate of drug-likeness (QED) is 0.804. The molecule has 0 unspecified atom stereocenters. The van der Waals surface area contributed by atoms with Crippen LogP contribution in [0.3, 0.4) is 0 Å². The van der Waals surface area contributed by atoms with Crippen LogP contribution in [0.2, 0.25) is 0 Å². The smallest absolute Gasteiger partial charge is 0.123 e. The fraction of sp³-hybridized carbons (Fsp3) is 0.476. The van der Waals surface area contributed by atoms with Crippen LogP contribution >= 0.6 is 0 Å². The topological polar surface area (TPSA) is 28.6 Å². The summed E-state index contributed by atoms with van der Waals surface area (Å²) in [5.74, 6) is 0.996. The van der Waals surface area contributed by atoms with E-state index in [1.54, 1.807) is 7.11 Å². The second-order valence-electron chi connectivity index (χ2n) is 6.91. The summed E-state index contributed by atoms with van der Waals surface area (Å²) in [6, 6.07) is 15.1. The third kappa shape index (κ3) is 5.03. The molecule has 1 fully saturated rings. The number of likely N-dealkylation sites (tertiary alicyclic amines) is 1. The van der Waals surface area contributed by atoms with Gasteiger partial charge in [-0.3, -0.25) is 14.8 Å². The van der Waals surface area contributed by atoms with E-state index in [1.165, 1.54) is 24.8 Å². The van der Waals surface area contributed by atoms with Gasteiger partial charge >= 0.3 is 0 Å². The van der Waals surface area contributed by atoms with Crippen molar-refractivity contribution in [3.63, 3.8) is 0 Å². The summed E-state index contributed by atoms with van der Waals surface area (Å²) in [7, 11) is 3.99. The summed E-state index contributed by atoms with van der Waals surface area (Å²) in [5, 5.41) is 0. The maximum Gasteiger partial charge on any atom is 0.123 e. The van der Waals surface area contributed by atoms with Crippen LogP contribution in [0.1, 0.15) is 30.5 Å². The molecule has 134 valence electrons. The highest BCUT2D eigenvalue weighted by Gasteiger charge is 2.21. The summed E-state index contributed by atoms with van der Waals surface area (Å²) < 4.78 is 5.50. The molecular weight excluding hydrogens is 310 g/mol. The van der Waals surface area contributed by atoms with Crippen LogP contribution in [-0.2, 0) is 13.1 Å². The van der Waals surface area contributed by atoms with E-state index < -0.39 is 0 Å². The summed E-state index contributed by atoms with van der Waals surface area (Å²) in [5.41, 5.74) is 2.44. The molecule has 1 aliphatic heterocycles. The van der Waals surface area contributed by atoms with Gasteiger partial charge in [0.15, 0.2) is 0 Å². The van der Waals surface area contributed by atoms with Gasteiger partial charge in [-0.15, -0.1) is 0 Å². The van der Waals surface area contributed by atoms with Crippen molar-refractivity contribution in [3.8, 4) is 5.75 Å². The highest BCUT2D eigenvalue weighted by atomic mass is 16.5. The Morgan fingerprint density at radius 1 is 1.12 bits per heavy atom. The minimum Gasteiger partial charge on any atom is -0.496 e. The maximum atomic E-state index is 5.50. The molecule has 0 spiro atoms. The van der Waals surface area contributed by atoms with Gasteiger partial charge < -0.3 is 4.74 Å². The second-order valence-corrected chi connectivity index (χ2v) is 6.91. The molecule has 4 heteroatoms. The standard InChI is InChI=1S/C21H29N3O/c1-23(17-19-9-5-6-13-22-19)20-10-7-14-24(15-12-20)16-18-8-3-4-11-21(18)25-2/h3-6,8-9,11,13,20H,7,10,12,14-17H2,1-2H3/t20-/m0/s1. The Labute approximate surface area is 151 Å². The Bertz CT molecular complexity index is 647. The number of nitrogens with zero attached hydrogens (tertiary/aromatic N) is 3. The van der Waals surface area contributed by atoms with Crippen molar-refractivity contribution in [2.24, 2.45) is 0 Å². The van der Waals surface area contributed by atoms with Crippen molar-refractivity contribution < 1.29 is 4.74 Å². The summed E-state index contributed by atoms with van der Waals surface area (Å²) >= 11 is 0. The molecule has 0 aliphatic carbocycles. The molecule has 0 amide bonds. The largest absolute Gasteiger partial charge is 0.496 e. The number of hydrogen-bond donors (Lipinski definition) is 0. The van der Waals surface area contributed by atoms with Crippen LogP contribution in [0.5, 0.6) is 5.75 Å². The normalized spacial score (nSPS) is 18.9. The molecule has 4 nitrogen and oxygen atoms in total. The molecule has 1 saturated heterocycles. The minimum atomic E-state index is 0.629. The molecule has 3 rings (SSSR count). The van der Waals surface area contributed by atoms with Crippen LogP contribution in [0.4, 0.5) is 0 Å². The average Bonchev–Trinajstić information content (AvgIpc) is 2.89. The van der Waals surface area contributed by atoms with Crippen molar-refractivity contribution in [2.45, 2.75) is 38.4 Å². The average molecular weight is 339 g/mol. The van der Waals surface area contributed by atoms with Crippen LogP contribution in [-0.4, -0.2) is 48.1 Å². The van der Waals surface area contributed by atoms with Crippen LogP contribution in [0.25, 0.3) is 0 Å². The zero-order chi connectivity index (χ0) is 17.5. The van der Waals surface area contributed by atoms with Gasteiger partial charge in [-0.25, -0.2) is 0 Å². The molecule has 2 heterocycles. The fourth-order valence-electron chi connectivity index (χ4n) is 3.69. The molecule has 1 aromatic heterocycles. The van der Waals surface area contributed by atoms with E-state index in [-0.39, 0.29) is 0 Å². The summed E-state index contributed by atoms with van der Waals surface area (Å²) in [6.07, 6.45) is 5.59. The van der Waals surface area contributed by atoms with Gasteiger partial charge in [-0.1, -0.05) is 24.3 Å². The van der Waals surface area contributed by atoms with E-state index in [9.17, 15) is 0 Å². The lowest BCUT2D eigenvalue weighted by molar-refractivity contribution is 0.204. The van der Waals surface area contributed by atoms with Crippen molar-refractivity contribution in [1.82, 2.24) is 14.8 Å². The Morgan fingerprint density at radius 3 is 2.76 bits per heavy atom. The molecule has 0 radical (unpaired) electrons. The zero-order valence-corrected chi connectivity index (χ0v) is 15.4. The van der Waals surface area contributed by atoms with Crippen molar-refractivity contribution in [1.29, 1.82) is 0 Å². The number of aromatic nitrogens is 1. The number of benzene rings is 1. The van der Waals surface area contributed by atoms with E-state index in [2.05, 4.69) is 52.2 Å². The Hall–Kier alpha value is -1.91. The van der Waals surface area contributed by atoms with Gasteiger partial charge in [-0.2, -0.15) is 0 Å². The lowest BCUT2D eigenvalue weighted by atomic mass is 10.1. The maximum absolute atomic E-state index is 5.50. The van der Waals surface area contributed by atoms with E-state index >= 15 is 0 Å². The minimum absolute atomic E-state index is 0.629. The van der Waals surface area contributed by atoms with Crippen LogP contribution in [0.15, 0.2) is 48.7 Å². The van der Waals surface area contributed by atoms with Gasteiger partial charge in [0.05, 0.1) is 12.8 Å². The van der Waals surface area contributed by atoms with Crippen molar-refractivity contribution in [2.75, 3.05) is 27.2 Å². The highest BCUT2D eigenvalue weighted by Crippen LogP contribution is 2.22. The van der Waals surface area contributed by atoms with Crippen LogP contribution < -0.4 is 4.74 Å². The predicted octanol–water partition coefficient (Wildman–Crippen LogP) is 3.58. The third-order valence-electron chi connectivity index (χ3n) is 5.14. The van der Waals surface area contributed by atoms with Gasteiger partial charge in [-0.05, 0) is 57.6 Å². The van der Waals surface area contributed by atoms with Crippen LogP contribution in [0, 0.1) is 0 Å². The van der Waals surface area contributed by atoms with E-state index in [0.29, 0.717) is 6.04 Å². The molecular formula is C21H29N3O. The summed E-state index contributed by atoms with van der Waals surface area (Å²) in [6.45, 7) is 4.19. The first-order valence-electron chi connectivity index (χ1n) is 9.20. The molecule has 1 atom stereocenters. The van der Waals surface area contributed by atoms with E-state index in [4.69, 9.17) is 4.74 Å². The summed E-state index contributed by atoms with van der Waals surface area (Å²) in [4.78, 5) is 9.49. The van der Waals surface area contributed by atoms with Crippen molar-refractivity contribution >= 4 is 0 Å². The van der Waals surface area contributed by atoms with E-state index in [0.717, 1.165) is 37.6 Å². The molecule has 25 heavy (non-hydrogen) atoms. The van der Waals surface area contributed by atoms with Gasteiger partial charge in [0, 0.05) is 30.9 Å². The lowest BCUT2D eigenvalue weighted by Gasteiger charge is -2.27. The highest BCUT2D eigenvalue weighted by molar-refractivity contribution is 5.33. The first-order chi connectivity index (χ1) is 12.3. The fourth-order valence-corrected chi connectivity index (χ4v) is 3.69. The zero-order valence-electron chi connectivity index (χ0n) is 15.4. The Morgan fingerprint density at radius 2 is 1.96 bits per heavy atom. The molecule has 1 aliphatic rings. The monoisotopic (exact) mass is 339 g/mol. The molecule has 0 saturated carbocycles. The number of ether oxygens (including phenoxy) is 1. The number of para-hydroxylation sites is 1. The Balaban J connectivity index is 1.55. The SMILES string of the molecule is COc1ccccc1CN1CCC[C@H](N(C)Cc2ccccn2)CC1. The molecule has 1 aromatic carbocycles. The molecule has 0 bridgehead atoms. The first kappa shape index (κ1) is 17.9. The van der Waals surface area contributed by atoms with Gasteiger partial charge in [0.2, 0.25) is 0 Å². The second kappa shape index (κ2) is 8.97. The number of pyridine rings is 1. The predicted molar refractivity (Wildman–Crippen MR) is 102 cm³/mol. The number of hydrogen-bond acceptors (Lipinski definition) is 4. The van der Waals surface area contributed by atoms with Crippen molar-refractivity contribution in [3.05, 3.63) is 59.9 Å². The van der Waals surface area contributed by atoms with Gasteiger partial charge in [0.1, 0.15) is 5.75 Å². The van der Waals surface area contributed by atoms with Gasteiger partial charge in [0.25, 0.3) is 0 Å². The van der Waals surface area contributed by atoms with E-state index in [1.807, 2.05) is 18.3 Å². The lowest BCUT2D eigenvalue weighted by Crippen LogP contribution is -2.32.